The Morgan fingerprint density at radius 1 is 1.64 bits per heavy atom. The molecule has 11 heavy (non-hydrogen) atoms. The average molecular weight is 155 g/mol. The Hall–Kier alpha value is -0.860. The van der Waals surface area contributed by atoms with Crippen molar-refractivity contribution in [1.29, 1.82) is 0 Å². The molecule has 1 aliphatic heterocycles. The van der Waals surface area contributed by atoms with Crippen LogP contribution in [0.4, 0.5) is 0 Å². The summed E-state index contributed by atoms with van der Waals surface area (Å²) in [6, 6.07) is 0. The second-order valence-electron chi connectivity index (χ2n) is 2.79. The van der Waals surface area contributed by atoms with E-state index in [1.807, 2.05) is 6.92 Å². The van der Waals surface area contributed by atoms with E-state index in [9.17, 15) is 9.59 Å². The Balaban J connectivity index is 2.46. The van der Waals surface area contributed by atoms with E-state index in [4.69, 9.17) is 0 Å². The number of likely N-dealkylation sites (tertiary alicyclic amines) is 1. The highest BCUT2D eigenvalue weighted by atomic mass is 16.2. The van der Waals surface area contributed by atoms with Crippen molar-refractivity contribution in [2.24, 2.45) is 0 Å². The van der Waals surface area contributed by atoms with Gasteiger partial charge in [-0.05, 0) is 12.8 Å². The van der Waals surface area contributed by atoms with Crippen LogP contribution in [0.1, 0.15) is 32.6 Å². The van der Waals surface area contributed by atoms with Crippen molar-refractivity contribution in [3.8, 4) is 0 Å². The van der Waals surface area contributed by atoms with Crippen LogP contribution in [0.25, 0.3) is 0 Å². The van der Waals surface area contributed by atoms with Gasteiger partial charge in [0.05, 0.1) is 0 Å². The normalized spacial score (nSPS) is 17.5. The van der Waals surface area contributed by atoms with Crippen LogP contribution in [0.5, 0.6) is 0 Å². The fourth-order valence-electron chi connectivity index (χ4n) is 1.26. The number of hydrogen-bond donors (Lipinski definition) is 0. The van der Waals surface area contributed by atoms with Crippen LogP contribution in [0, 0.1) is 0 Å². The minimum Gasteiger partial charge on any atom is -0.283 e. The summed E-state index contributed by atoms with van der Waals surface area (Å²) in [6.45, 7) is 2.58. The quantitative estimate of drug-likeness (QED) is 0.595. The summed E-state index contributed by atoms with van der Waals surface area (Å²) in [5.41, 5.74) is 0. The van der Waals surface area contributed by atoms with Crippen LogP contribution in [0.2, 0.25) is 0 Å². The molecule has 3 nitrogen and oxygen atoms in total. The molecule has 0 aromatic heterocycles. The van der Waals surface area contributed by atoms with Gasteiger partial charge in [0, 0.05) is 19.4 Å². The first-order valence-electron chi connectivity index (χ1n) is 4.09. The van der Waals surface area contributed by atoms with Crippen LogP contribution in [-0.4, -0.2) is 23.3 Å². The molecule has 0 aliphatic carbocycles. The third-order valence-corrected chi connectivity index (χ3v) is 1.84. The zero-order chi connectivity index (χ0) is 8.27. The maximum Gasteiger partial charge on any atom is 0.229 e. The van der Waals surface area contributed by atoms with E-state index in [1.54, 1.807) is 0 Å². The van der Waals surface area contributed by atoms with Crippen molar-refractivity contribution in [2.75, 3.05) is 6.54 Å². The van der Waals surface area contributed by atoms with E-state index >= 15 is 0 Å². The van der Waals surface area contributed by atoms with Crippen molar-refractivity contribution in [1.82, 2.24) is 4.90 Å². The van der Waals surface area contributed by atoms with Crippen molar-refractivity contribution in [3.05, 3.63) is 0 Å². The monoisotopic (exact) mass is 155 g/mol. The average Bonchev–Trinajstić information content (AvgIpc) is 2.36. The van der Waals surface area contributed by atoms with Gasteiger partial charge >= 0.3 is 0 Å². The van der Waals surface area contributed by atoms with Gasteiger partial charge in [0.15, 0.2) is 0 Å². The molecule has 0 unspecified atom stereocenters. The third kappa shape index (κ3) is 1.79. The van der Waals surface area contributed by atoms with E-state index in [-0.39, 0.29) is 11.8 Å². The first-order valence-corrected chi connectivity index (χ1v) is 4.09. The van der Waals surface area contributed by atoms with Crippen molar-refractivity contribution in [3.63, 3.8) is 0 Å². The van der Waals surface area contributed by atoms with E-state index < -0.39 is 0 Å². The number of imide groups is 1. The highest BCUT2D eigenvalue weighted by Gasteiger charge is 2.24. The summed E-state index contributed by atoms with van der Waals surface area (Å²) in [5.74, 6) is -0.00144. The summed E-state index contributed by atoms with van der Waals surface area (Å²) >= 11 is 0. The molecule has 0 bridgehead atoms. The predicted molar refractivity (Wildman–Crippen MR) is 40.9 cm³/mol. The maximum absolute atomic E-state index is 11.2. The number of nitrogens with zero attached hydrogens (tertiary/aromatic N) is 1. The van der Waals surface area contributed by atoms with Crippen molar-refractivity contribution < 1.29 is 9.59 Å². The second kappa shape index (κ2) is 3.51. The lowest BCUT2D eigenvalue weighted by atomic mass is 10.3. The van der Waals surface area contributed by atoms with Gasteiger partial charge in [0.2, 0.25) is 11.8 Å². The van der Waals surface area contributed by atoms with Crippen LogP contribution >= 0.6 is 0 Å². The van der Waals surface area contributed by atoms with Gasteiger partial charge in [-0.25, -0.2) is 0 Å². The summed E-state index contributed by atoms with van der Waals surface area (Å²) in [4.78, 5) is 23.5. The zero-order valence-electron chi connectivity index (χ0n) is 6.80. The Morgan fingerprint density at radius 2 is 2.36 bits per heavy atom. The Kier molecular flexibility index (Phi) is 2.63. The fourth-order valence-corrected chi connectivity index (χ4v) is 1.26. The Morgan fingerprint density at radius 3 is 2.82 bits per heavy atom. The highest BCUT2D eigenvalue weighted by molar-refractivity contribution is 5.96. The minimum atomic E-state index is -0.00463. The molecular formula is C8H13NO2. The van der Waals surface area contributed by atoms with Crippen molar-refractivity contribution in [2.45, 2.75) is 32.6 Å². The molecule has 0 N–H and O–H groups in total. The van der Waals surface area contributed by atoms with Crippen molar-refractivity contribution >= 4 is 11.8 Å². The molecule has 0 aromatic carbocycles. The molecule has 2 amide bonds. The lowest BCUT2D eigenvalue weighted by Crippen LogP contribution is -2.31. The number of amides is 2. The number of carbonyl (C=O) groups is 2. The van der Waals surface area contributed by atoms with Gasteiger partial charge < -0.3 is 0 Å². The fraction of sp³-hybridized carbons (Fsp3) is 0.750. The number of carbonyl (C=O) groups excluding carboxylic acids is 2. The molecule has 0 atom stereocenters. The Labute approximate surface area is 66.4 Å². The molecule has 0 spiro atoms. The molecule has 3 heteroatoms. The summed E-state index contributed by atoms with van der Waals surface area (Å²) in [5, 5.41) is 0. The molecule has 1 fully saturated rings. The van der Waals surface area contributed by atoms with E-state index in [1.165, 1.54) is 4.90 Å². The molecule has 62 valence electrons. The lowest BCUT2D eigenvalue weighted by molar-refractivity contribution is -0.141. The summed E-state index contributed by atoms with van der Waals surface area (Å²) in [6.07, 6.45) is 2.72. The smallest absolute Gasteiger partial charge is 0.229 e. The minimum absolute atomic E-state index is 0.00319. The standard InChI is InChI=1S/C8H13NO2/c1-2-4-7(10)9-6-3-5-8(9)11/h2-6H2,1H3. The largest absolute Gasteiger partial charge is 0.283 e. The predicted octanol–water partition coefficient (Wildman–Crippen LogP) is 0.935. The first kappa shape index (κ1) is 8.24. The third-order valence-electron chi connectivity index (χ3n) is 1.84. The number of rotatable bonds is 2. The highest BCUT2D eigenvalue weighted by Crippen LogP contribution is 2.11. The maximum atomic E-state index is 11.2. The topological polar surface area (TPSA) is 37.4 Å². The lowest BCUT2D eigenvalue weighted by Gasteiger charge is -2.11. The molecular weight excluding hydrogens is 142 g/mol. The van der Waals surface area contributed by atoms with E-state index in [0.717, 1.165) is 12.8 Å². The summed E-state index contributed by atoms with van der Waals surface area (Å²) < 4.78 is 0. The molecule has 0 aromatic rings. The summed E-state index contributed by atoms with van der Waals surface area (Å²) in [7, 11) is 0. The van der Waals surface area contributed by atoms with Gasteiger partial charge in [0.1, 0.15) is 0 Å². The van der Waals surface area contributed by atoms with Gasteiger partial charge in [0.25, 0.3) is 0 Å². The number of hydrogen-bond acceptors (Lipinski definition) is 2. The SMILES string of the molecule is CCCC(=O)N1CCCC1=O. The van der Waals surface area contributed by atoms with Crippen LogP contribution < -0.4 is 0 Å². The van der Waals surface area contributed by atoms with Crippen LogP contribution in [-0.2, 0) is 9.59 Å². The molecule has 0 radical (unpaired) electrons. The molecule has 1 rings (SSSR count). The van der Waals surface area contributed by atoms with E-state index in [0.29, 0.717) is 19.4 Å². The van der Waals surface area contributed by atoms with Crippen LogP contribution in [0.15, 0.2) is 0 Å². The van der Waals surface area contributed by atoms with Gasteiger partial charge in [-0.2, -0.15) is 0 Å². The van der Waals surface area contributed by atoms with Crippen LogP contribution in [0.3, 0.4) is 0 Å². The first-order chi connectivity index (χ1) is 5.25. The van der Waals surface area contributed by atoms with Gasteiger partial charge in [-0.3, -0.25) is 14.5 Å². The molecule has 0 saturated carbocycles. The molecule has 1 aliphatic rings. The molecule has 1 heterocycles. The van der Waals surface area contributed by atoms with Gasteiger partial charge in [-0.1, -0.05) is 6.92 Å². The Bertz CT molecular complexity index is 177. The second-order valence-corrected chi connectivity index (χ2v) is 2.79. The zero-order valence-corrected chi connectivity index (χ0v) is 6.80. The van der Waals surface area contributed by atoms with E-state index in [2.05, 4.69) is 0 Å². The van der Waals surface area contributed by atoms with Gasteiger partial charge in [-0.15, -0.1) is 0 Å². The molecule has 1 saturated heterocycles.